The largest absolute Gasteiger partial charge is 0.343 e. The Kier molecular flexibility index (Phi) is 5.07. The summed E-state index contributed by atoms with van der Waals surface area (Å²) in [6.45, 7) is 6.07. The van der Waals surface area contributed by atoms with Gasteiger partial charge in [0.2, 0.25) is 11.8 Å². The number of allylic oxidation sites excluding steroid dienone is 1. The molecule has 0 aromatic heterocycles. The van der Waals surface area contributed by atoms with Gasteiger partial charge >= 0.3 is 0 Å². The summed E-state index contributed by atoms with van der Waals surface area (Å²) in [5.41, 5.74) is 4.35. The van der Waals surface area contributed by atoms with Crippen molar-refractivity contribution in [2.75, 3.05) is 11.9 Å². The maximum atomic E-state index is 12.5. The number of carbonyl (C=O) groups excluding carboxylic acids is 2. The molecule has 5 rings (SSSR count). The van der Waals surface area contributed by atoms with Crippen LogP contribution in [0.2, 0.25) is 0 Å². The quantitative estimate of drug-likeness (QED) is 0.738. The van der Waals surface area contributed by atoms with E-state index in [9.17, 15) is 9.59 Å². The highest BCUT2D eigenvalue weighted by atomic mass is 16.2. The predicted molar refractivity (Wildman–Crippen MR) is 112 cm³/mol. The van der Waals surface area contributed by atoms with Gasteiger partial charge in [-0.2, -0.15) is 0 Å². The van der Waals surface area contributed by atoms with E-state index in [0.29, 0.717) is 0 Å². The molecule has 2 amide bonds. The van der Waals surface area contributed by atoms with Gasteiger partial charge in [0.1, 0.15) is 0 Å². The summed E-state index contributed by atoms with van der Waals surface area (Å²) in [7, 11) is 0. The molecule has 1 aromatic rings. The fourth-order valence-corrected chi connectivity index (χ4v) is 6.36. The Morgan fingerprint density at radius 1 is 1.04 bits per heavy atom. The summed E-state index contributed by atoms with van der Waals surface area (Å²) < 4.78 is 0. The molecule has 4 aliphatic carbocycles. The summed E-state index contributed by atoms with van der Waals surface area (Å²) in [4.78, 5) is 24.8. The Labute approximate surface area is 168 Å². The van der Waals surface area contributed by atoms with Crippen molar-refractivity contribution in [3.8, 4) is 0 Å². The van der Waals surface area contributed by atoms with E-state index >= 15 is 0 Å². The smallest absolute Gasteiger partial charge is 0.244 e. The lowest BCUT2D eigenvalue weighted by Gasteiger charge is -2.57. The monoisotopic (exact) mass is 380 g/mol. The van der Waals surface area contributed by atoms with Crippen molar-refractivity contribution >= 4 is 17.5 Å². The van der Waals surface area contributed by atoms with Crippen molar-refractivity contribution in [3.63, 3.8) is 0 Å². The van der Waals surface area contributed by atoms with Gasteiger partial charge in [-0.15, -0.1) is 0 Å². The average molecular weight is 381 g/mol. The lowest BCUT2D eigenvalue weighted by atomic mass is 9.48. The van der Waals surface area contributed by atoms with E-state index in [1.807, 2.05) is 32.0 Å². The molecule has 4 bridgehead atoms. The predicted octanol–water partition coefficient (Wildman–Crippen LogP) is 4.52. The molecule has 0 unspecified atom stereocenters. The van der Waals surface area contributed by atoms with E-state index in [0.717, 1.165) is 34.6 Å². The van der Waals surface area contributed by atoms with E-state index in [4.69, 9.17) is 0 Å². The van der Waals surface area contributed by atoms with Gasteiger partial charge in [0, 0.05) is 11.8 Å². The van der Waals surface area contributed by atoms with Gasteiger partial charge in [-0.25, -0.2) is 0 Å². The van der Waals surface area contributed by atoms with E-state index in [-0.39, 0.29) is 23.8 Å². The molecule has 4 aliphatic rings. The van der Waals surface area contributed by atoms with Crippen molar-refractivity contribution in [2.24, 2.45) is 23.2 Å². The van der Waals surface area contributed by atoms with Crippen LogP contribution in [0.4, 0.5) is 5.69 Å². The van der Waals surface area contributed by atoms with Crippen LogP contribution in [0.5, 0.6) is 0 Å². The van der Waals surface area contributed by atoms with Crippen LogP contribution in [0, 0.1) is 37.0 Å². The second-order valence-electron chi connectivity index (χ2n) is 9.56. The number of hydrogen-bond donors (Lipinski definition) is 2. The number of hydrogen-bond acceptors (Lipinski definition) is 2. The standard InChI is InChI=1S/C24H32N2O2/c1-15-5-4-6-16(2)23(15)26-22(28)14-25-21(27)7-17(3)24-11-18-8-19(12-24)10-20(9-18)13-24/h4-7,18-20H,8-14H2,1-3H3,(H,25,27)(H,26,28)/b17-7+. The van der Waals surface area contributed by atoms with Crippen LogP contribution in [-0.2, 0) is 9.59 Å². The zero-order valence-electron chi connectivity index (χ0n) is 17.3. The molecular formula is C24H32N2O2. The van der Waals surface area contributed by atoms with Crippen LogP contribution in [0.1, 0.15) is 56.6 Å². The third-order valence-electron chi connectivity index (χ3n) is 7.39. The first-order valence-electron chi connectivity index (χ1n) is 10.7. The van der Waals surface area contributed by atoms with E-state index < -0.39 is 0 Å². The van der Waals surface area contributed by atoms with Crippen molar-refractivity contribution in [1.29, 1.82) is 0 Å². The number of amides is 2. The number of nitrogens with one attached hydrogen (secondary N) is 2. The molecule has 0 radical (unpaired) electrons. The van der Waals surface area contributed by atoms with Gasteiger partial charge in [-0.1, -0.05) is 23.8 Å². The lowest BCUT2D eigenvalue weighted by molar-refractivity contribution is -0.121. The van der Waals surface area contributed by atoms with Gasteiger partial charge in [0.15, 0.2) is 0 Å². The average Bonchev–Trinajstić information content (AvgIpc) is 2.62. The van der Waals surface area contributed by atoms with Crippen molar-refractivity contribution in [3.05, 3.63) is 41.0 Å². The highest BCUT2D eigenvalue weighted by Crippen LogP contribution is 2.62. The Morgan fingerprint density at radius 2 is 1.57 bits per heavy atom. The zero-order valence-corrected chi connectivity index (χ0v) is 17.3. The van der Waals surface area contributed by atoms with Gasteiger partial charge in [-0.05, 0) is 93.6 Å². The molecule has 28 heavy (non-hydrogen) atoms. The highest BCUT2D eigenvalue weighted by Gasteiger charge is 2.51. The van der Waals surface area contributed by atoms with Crippen LogP contribution in [0.15, 0.2) is 29.8 Å². The molecule has 0 saturated heterocycles. The van der Waals surface area contributed by atoms with E-state index in [1.165, 1.54) is 44.1 Å². The molecular weight excluding hydrogens is 348 g/mol. The van der Waals surface area contributed by atoms with Gasteiger partial charge in [-0.3, -0.25) is 9.59 Å². The fourth-order valence-electron chi connectivity index (χ4n) is 6.36. The molecule has 2 N–H and O–H groups in total. The molecule has 4 fully saturated rings. The molecule has 150 valence electrons. The molecule has 1 aromatic carbocycles. The van der Waals surface area contributed by atoms with Crippen LogP contribution in [0.25, 0.3) is 0 Å². The first-order chi connectivity index (χ1) is 13.3. The number of rotatable bonds is 5. The van der Waals surface area contributed by atoms with Crippen molar-refractivity contribution < 1.29 is 9.59 Å². The van der Waals surface area contributed by atoms with E-state index in [1.54, 1.807) is 6.08 Å². The van der Waals surface area contributed by atoms with Gasteiger partial charge in [0.25, 0.3) is 0 Å². The number of aryl methyl sites for hydroxylation is 2. The number of anilines is 1. The normalized spacial score (nSPS) is 31.0. The Morgan fingerprint density at radius 3 is 2.11 bits per heavy atom. The Hall–Kier alpha value is -2.10. The first-order valence-corrected chi connectivity index (χ1v) is 10.7. The first kappa shape index (κ1) is 19.2. The molecule has 4 nitrogen and oxygen atoms in total. The Bertz CT molecular complexity index is 768. The van der Waals surface area contributed by atoms with Crippen LogP contribution < -0.4 is 10.6 Å². The van der Waals surface area contributed by atoms with Gasteiger partial charge in [0.05, 0.1) is 6.54 Å². The zero-order chi connectivity index (χ0) is 19.9. The van der Waals surface area contributed by atoms with Crippen LogP contribution >= 0.6 is 0 Å². The third kappa shape index (κ3) is 3.74. The van der Waals surface area contributed by atoms with Crippen LogP contribution in [0.3, 0.4) is 0 Å². The fraction of sp³-hybridized carbons (Fsp3) is 0.583. The number of para-hydroxylation sites is 1. The summed E-state index contributed by atoms with van der Waals surface area (Å²) in [6.07, 6.45) is 9.72. The van der Waals surface area contributed by atoms with Crippen LogP contribution in [-0.4, -0.2) is 18.4 Å². The molecule has 4 saturated carbocycles. The molecule has 0 atom stereocenters. The maximum Gasteiger partial charge on any atom is 0.244 e. The molecule has 0 heterocycles. The molecule has 4 heteroatoms. The Balaban J connectivity index is 1.34. The second kappa shape index (κ2) is 7.38. The lowest BCUT2D eigenvalue weighted by Crippen LogP contribution is -2.46. The number of carbonyl (C=O) groups is 2. The summed E-state index contributed by atoms with van der Waals surface area (Å²) in [5, 5.41) is 5.70. The minimum Gasteiger partial charge on any atom is -0.343 e. The van der Waals surface area contributed by atoms with Crippen molar-refractivity contribution in [1.82, 2.24) is 5.32 Å². The SMILES string of the molecule is C/C(=C\C(=O)NCC(=O)Nc1c(C)cccc1C)C12CC3CC(CC(C3)C1)C2. The van der Waals surface area contributed by atoms with Gasteiger partial charge < -0.3 is 10.6 Å². The maximum absolute atomic E-state index is 12.5. The molecule has 0 spiro atoms. The summed E-state index contributed by atoms with van der Waals surface area (Å²) in [5.74, 6) is 2.25. The minimum absolute atomic E-state index is 0.00272. The number of benzene rings is 1. The van der Waals surface area contributed by atoms with Crippen molar-refractivity contribution in [2.45, 2.75) is 59.3 Å². The summed E-state index contributed by atoms with van der Waals surface area (Å²) in [6, 6.07) is 5.91. The summed E-state index contributed by atoms with van der Waals surface area (Å²) >= 11 is 0. The third-order valence-corrected chi connectivity index (χ3v) is 7.39. The van der Waals surface area contributed by atoms with E-state index in [2.05, 4.69) is 17.6 Å². The molecule has 0 aliphatic heterocycles. The topological polar surface area (TPSA) is 58.2 Å². The highest BCUT2D eigenvalue weighted by molar-refractivity contribution is 5.97. The second-order valence-corrected chi connectivity index (χ2v) is 9.56. The minimum atomic E-state index is -0.188.